The van der Waals surface area contributed by atoms with Gasteiger partial charge in [0.1, 0.15) is 5.60 Å². The van der Waals surface area contributed by atoms with Gasteiger partial charge < -0.3 is 5.11 Å². The van der Waals surface area contributed by atoms with E-state index in [1.54, 1.807) is 20.9 Å². The molecule has 0 aliphatic carbocycles. The minimum atomic E-state index is -1.01. The third kappa shape index (κ3) is 2.68. The predicted octanol–water partition coefficient (Wildman–Crippen LogP) is -0.668. The van der Waals surface area contributed by atoms with Crippen molar-refractivity contribution in [1.29, 1.82) is 0 Å². The second-order valence-electron chi connectivity index (χ2n) is 2.91. The quantitative estimate of drug-likeness (QED) is 0.519. The number of aryl methyl sites for hydroxylation is 1. The van der Waals surface area contributed by atoms with E-state index in [1.165, 1.54) is 4.80 Å². The van der Waals surface area contributed by atoms with Gasteiger partial charge in [-0.15, -0.1) is 5.10 Å². The predicted molar refractivity (Wildman–Crippen MR) is 42.0 cm³/mol. The molecular weight excluding hydrogens is 156 g/mol. The molecule has 12 heavy (non-hydrogen) atoms. The van der Waals surface area contributed by atoms with E-state index in [4.69, 9.17) is 0 Å². The Morgan fingerprint density at radius 2 is 2.17 bits per heavy atom. The minimum absolute atomic E-state index is 0.319. The summed E-state index contributed by atoms with van der Waals surface area (Å²) in [5.41, 5.74) is -1.01. The van der Waals surface area contributed by atoms with Gasteiger partial charge in [0.15, 0.2) is 0 Å². The van der Waals surface area contributed by atoms with Crippen LogP contribution in [0, 0.1) is 11.8 Å². The van der Waals surface area contributed by atoms with Crippen LogP contribution in [0.3, 0.4) is 0 Å². The van der Waals surface area contributed by atoms with Gasteiger partial charge in [-0.25, -0.2) is 0 Å². The van der Waals surface area contributed by atoms with Crippen molar-refractivity contribution in [2.45, 2.75) is 19.4 Å². The molecule has 0 unspecified atom stereocenters. The van der Waals surface area contributed by atoms with Gasteiger partial charge in [0.25, 0.3) is 0 Å². The Hall–Kier alpha value is -1.41. The average molecular weight is 166 g/mol. The largest absolute Gasteiger partial charge is 0.378 e. The lowest BCUT2D eigenvalue weighted by molar-refractivity contribution is 0.143. The molecule has 0 radical (unpaired) electrons. The van der Waals surface area contributed by atoms with Gasteiger partial charge in [-0.3, -0.25) is 0 Å². The molecule has 0 saturated carbocycles. The van der Waals surface area contributed by atoms with Crippen molar-refractivity contribution in [3.8, 4) is 11.8 Å². The number of rotatable bonds is 0. The van der Waals surface area contributed by atoms with Crippen LogP contribution in [-0.2, 0) is 7.05 Å². The number of hydrogen-bond acceptors (Lipinski definition) is 4. The highest BCUT2D eigenvalue weighted by atomic mass is 16.3. The zero-order chi connectivity index (χ0) is 9.19. The lowest BCUT2D eigenvalue weighted by atomic mass is 10.1. The first-order chi connectivity index (χ1) is 5.47. The second kappa shape index (κ2) is 2.91. The van der Waals surface area contributed by atoms with E-state index in [0.29, 0.717) is 5.82 Å². The number of tetrazole rings is 1. The topological polar surface area (TPSA) is 63.8 Å². The SMILES string of the molecule is Cn1nnc(C#CC(C)(C)O)n1. The van der Waals surface area contributed by atoms with E-state index in [-0.39, 0.29) is 0 Å². The van der Waals surface area contributed by atoms with Crippen molar-refractivity contribution in [2.24, 2.45) is 7.05 Å². The fourth-order valence-corrected chi connectivity index (χ4v) is 0.543. The summed E-state index contributed by atoms with van der Waals surface area (Å²) in [6.07, 6.45) is 0. The van der Waals surface area contributed by atoms with E-state index >= 15 is 0 Å². The highest BCUT2D eigenvalue weighted by molar-refractivity contribution is 5.22. The highest BCUT2D eigenvalue weighted by Gasteiger charge is 2.06. The van der Waals surface area contributed by atoms with Crippen LogP contribution in [-0.4, -0.2) is 30.9 Å². The van der Waals surface area contributed by atoms with Crippen molar-refractivity contribution >= 4 is 0 Å². The summed E-state index contributed by atoms with van der Waals surface area (Å²) < 4.78 is 0. The molecule has 64 valence electrons. The van der Waals surface area contributed by atoms with E-state index in [9.17, 15) is 5.11 Å². The maximum Gasteiger partial charge on any atom is 0.247 e. The summed E-state index contributed by atoms with van der Waals surface area (Å²) in [6.45, 7) is 3.19. The van der Waals surface area contributed by atoms with Crippen molar-refractivity contribution in [1.82, 2.24) is 20.2 Å². The summed E-state index contributed by atoms with van der Waals surface area (Å²) in [5.74, 6) is 5.50. The molecule has 1 rings (SSSR count). The lowest BCUT2D eigenvalue weighted by Gasteiger charge is -2.04. The molecule has 0 saturated heterocycles. The Bertz CT molecular complexity index is 325. The monoisotopic (exact) mass is 166 g/mol. The van der Waals surface area contributed by atoms with Crippen LogP contribution >= 0.6 is 0 Å². The summed E-state index contributed by atoms with van der Waals surface area (Å²) in [6, 6.07) is 0. The molecular formula is C7H10N4O. The molecule has 5 heteroatoms. The standard InChI is InChI=1S/C7H10N4O/c1-7(2,12)5-4-6-8-10-11(3)9-6/h12H,1-3H3. The van der Waals surface area contributed by atoms with E-state index in [1.807, 2.05) is 0 Å². The molecule has 5 nitrogen and oxygen atoms in total. The van der Waals surface area contributed by atoms with Gasteiger partial charge in [-0.05, 0) is 25.0 Å². The van der Waals surface area contributed by atoms with Crippen LogP contribution in [0.25, 0.3) is 0 Å². The second-order valence-corrected chi connectivity index (χ2v) is 2.91. The van der Waals surface area contributed by atoms with Gasteiger partial charge in [0, 0.05) is 0 Å². The average Bonchev–Trinajstić information content (AvgIpc) is 2.30. The zero-order valence-corrected chi connectivity index (χ0v) is 7.24. The van der Waals surface area contributed by atoms with E-state index in [2.05, 4.69) is 27.3 Å². The van der Waals surface area contributed by atoms with Crippen LogP contribution in [0.4, 0.5) is 0 Å². The highest BCUT2D eigenvalue weighted by Crippen LogP contribution is 1.96. The Morgan fingerprint density at radius 3 is 2.58 bits per heavy atom. The van der Waals surface area contributed by atoms with Crippen LogP contribution in [0.2, 0.25) is 0 Å². The van der Waals surface area contributed by atoms with E-state index < -0.39 is 5.60 Å². The molecule has 0 fully saturated rings. The molecule has 0 spiro atoms. The molecule has 1 aromatic heterocycles. The molecule has 1 N–H and O–H groups in total. The fraction of sp³-hybridized carbons (Fsp3) is 0.571. The Kier molecular flexibility index (Phi) is 2.11. The molecule has 0 atom stereocenters. The third-order valence-electron chi connectivity index (χ3n) is 0.989. The molecule has 0 aliphatic rings. The van der Waals surface area contributed by atoms with Gasteiger partial charge in [-0.1, -0.05) is 11.0 Å². The first kappa shape index (κ1) is 8.68. The Morgan fingerprint density at radius 1 is 1.50 bits per heavy atom. The first-order valence-electron chi connectivity index (χ1n) is 3.47. The van der Waals surface area contributed by atoms with Crippen LogP contribution in [0.1, 0.15) is 19.7 Å². The fourth-order valence-electron chi connectivity index (χ4n) is 0.543. The van der Waals surface area contributed by atoms with Crippen LogP contribution < -0.4 is 0 Å². The molecule has 0 amide bonds. The molecule has 1 heterocycles. The van der Waals surface area contributed by atoms with Gasteiger partial charge in [-0.2, -0.15) is 4.80 Å². The summed E-state index contributed by atoms with van der Waals surface area (Å²) >= 11 is 0. The van der Waals surface area contributed by atoms with Gasteiger partial charge in [0.05, 0.1) is 7.05 Å². The third-order valence-corrected chi connectivity index (χ3v) is 0.989. The zero-order valence-electron chi connectivity index (χ0n) is 7.24. The van der Waals surface area contributed by atoms with Crippen molar-refractivity contribution in [3.63, 3.8) is 0 Å². The molecule has 0 bridgehead atoms. The summed E-state index contributed by atoms with van der Waals surface area (Å²) in [7, 11) is 1.66. The van der Waals surface area contributed by atoms with Gasteiger partial charge in [0.2, 0.25) is 5.82 Å². The summed E-state index contributed by atoms with van der Waals surface area (Å²) in [5, 5.41) is 20.3. The Balaban J connectivity index is 2.80. The smallest absolute Gasteiger partial charge is 0.247 e. The number of aliphatic hydroxyl groups is 1. The number of nitrogens with zero attached hydrogens (tertiary/aromatic N) is 4. The van der Waals surface area contributed by atoms with Crippen LogP contribution in [0.5, 0.6) is 0 Å². The maximum absolute atomic E-state index is 9.23. The Labute approximate surface area is 70.4 Å². The number of aromatic nitrogens is 4. The lowest BCUT2D eigenvalue weighted by Crippen LogP contribution is -2.14. The molecule has 1 aromatic rings. The normalized spacial score (nSPS) is 10.7. The summed E-state index contributed by atoms with van der Waals surface area (Å²) in [4.78, 5) is 1.31. The number of hydrogen-bond donors (Lipinski definition) is 1. The van der Waals surface area contributed by atoms with Gasteiger partial charge >= 0.3 is 0 Å². The first-order valence-corrected chi connectivity index (χ1v) is 3.47. The van der Waals surface area contributed by atoms with Crippen LogP contribution in [0.15, 0.2) is 0 Å². The van der Waals surface area contributed by atoms with Crippen molar-refractivity contribution < 1.29 is 5.11 Å². The molecule has 0 aliphatic heterocycles. The maximum atomic E-state index is 9.23. The van der Waals surface area contributed by atoms with Crippen molar-refractivity contribution in [2.75, 3.05) is 0 Å². The minimum Gasteiger partial charge on any atom is -0.378 e. The van der Waals surface area contributed by atoms with E-state index in [0.717, 1.165) is 0 Å². The molecule has 0 aromatic carbocycles. The van der Waals surface area contributed by atoms with Crippen molar-refractivity contribution in [3.05, 3.63) is 5.82 Å².